The van der Waals surface area contributed by atoms with Crippen LogP contribution in [0.4, 0.5) is 0 Å². The topological polar surface area (TPSA) is 35.0 Å². The molecule has 90 valence electrons. The van der Waals surface area contributed by atoms with E-state index in [1.54, 1.807) is 0 Å². The van der Waals surface area contributed by atoms with Crippen molar-refractivity contribution in [1.82, 2.24) is 6.15 Å². The van der Waals surface area contributed by atoms with Gasteiger partial charge in [0.15, 0.2) is 0 Å². The fraction of sp³-hybridized carbons (Fsp3) is 0.250. The summed E-state index contributed by atoms with van der Waals surface area (Å²) < 4.78 is 0. The first kappa shape index (κ1) is 13.5. The highest BCUT2D eigenvalue weighted by Gasteiger charge is 2.08. The minimum Gasteiger partial charge on any atom is -0.344 e. The molecule has 0 aliphatic carbocycles. The minimum atomic E-state index is 0. The molecular formula is C16H21N. The third kappa shape index (κ3) is 3.43. The quantitative estimate of drug-likeness (QED) is 0.823. The fourth-order valence-electron chi connectivity index (χ4n) is 2.22. The van der Waals surface area contributed by atoms with Crippen molar-refractivity contribution in [2.45, 2.75) is 26.2 Å². The van der Waals surface area contributed by atoms with Gasteiger partial charge < -0.3 is 6.15 Å². The molecule has 1 unspecified atom stereocenters. The first-order valence-corrected chi connectivity index (χ1v) is 5.87. The van der Waals surface area contributed by atoms with Gasteiger partial charge in [0, 0.05) is 0 Å². The highest BCUT2D eigenvalue weighted by molar-refractivity contribution is 5.30. The standard InChI is InChI=1S/C16H18.H3N/c1-13-8-6-7-11-16(13)14(2)12-15-9-4-3-5-10-15;/h3-11,14H,12H2,1-2H3;1H3. The van der Waals surface area contributed by atoms with Crippen molar-refractivity contribution < 1.29 is 0 Å². The fourth-order valence-corrected chi connectivity index (χ4v) is 2.22. The van der Waals surface area contributed by atoms with Crippen LogP contribution in [0.5, 0.6) is 0 Å². The van der Waals surface area contributed by atoms with Crippen molar-refractivity contribution in [2.24, 2.45) is 0 Å². The maximum absolute atomic E-state index is 2.30. The average Bonchev–Trinajstić information content (AvgIpc) is 2.31. The van der Waals surface area contributed by atoms with Crippen LogP contribution in [0.2, 0.25) is 0 Å². The second-order valence-corrected chi connectivity index (χ2v) is 4.45. The Kier molecular flexibility index (Phi) is 4.92. The van der Waals surface area contributed by atoms with Gasteiger partial charge in [0.05, 0.1) is 0 Å². The van der Waals surface area contributed by atoms with E-state index in [0.29, 0.717) is 5.92 Å². The molecule has 2 aromatic rings. The smallest absolute Gasteiger partial charge is 0.0147 e. The second-order valence-electron chi connectivity index (χ2n) is 4.45. The van der Waals surface area contributed by atoms with Gasteiger partial charge in [-0.15, -0.1) is 0 Å². The van der Waals surface area contributed by atoms with Crippen molar-refractivity contribution in [3.63, 3.8) is 0 Å². The van der Waals surface area contributed by atoms with E-state index in [1.807, 2.05) is 0 Å². The highest BCUT2D eigenvalue weighted by Crippen LogP contribution is 2.22. The molecule has 1 heteroatoms. The van der Waals surface area contributed by atoms with E-state index in [4.69, 9.17) is 0 Å². The molecule has 0 aliphatic heterocycles. The second kappa shape index (κ2) is 6.21. The van der Waals surface area contributed by atoms with Crippen LogP contribution < -0.4 is 6.15 Å². The van der Waals surface area contributed by atoms with Gasteiger partial charge in [-0.1, -0.05) is 61.5 Å². The Hall–Kier alpha value is -1.60. The molecule has 0 heterocycles. The van der Waals surface area contributed by atoms with Crippen LogP contribution in [0.15, 0.2) is 54.6 Å². The van der Waals surface area contributed by atoms with Gasteiger partial charge >= 0.3 is 0 Å². The van der Waals surface area contributed by atoms with E-state index >= 15 is 0 Å². The molecule has 0 bridgehead atoms. The van der Waals surface area contributed by atoms with Gasteiger partial charge in [-0.2, -0.15) is 0 Å². The first-order valence-electron chi connectivity index (χ1n) is 5.87. The van der Waals surface area contributed by atoms with E-state index in [9.17, 15) is 0 Å². The minimum absolute atomic E-state index is 0. The SMILES string of the molecule is Cc1ccccc1C(C)Cc1ccccc1.N. The number of hydrogen-bond donors (Lipinski definition) is 1. The van der Waals surface area contributed by atoms with Gasteiger partial charge in [0.2, 0.25) is 0 Å². The normalized spacial score (nSPS) is 11.6. The third-order valence-electron chi connectivity index (χ3n) is 3.10. The summed E-state index contributed by atoms with van der Waals surface area (Å²) in [5.41, 5.74) is 4.27. The Morgan fingerprint density at radius 3 is 2.12 bits per heavy atom. The molecule has 0 radical (unpaired) electrons. The molecule has 17 heavy (non-hydrogen) atoms. The zero-order valence-corrected chi connectivity index (χ0v) is 10.7. The summed E-state index contributed by atoms with van der Waals surface area (Å²) in [6, 6.07) is 19.4. The number of aryl methyl sites for hydroxylation is 1. The molecule has 0 fully saturated rings. The Bertz CT molecular complexity index is 448. The lowest BCUT2D eigenvalue weighted by Gasteiger charge is -2.14. The Morgan fingerprint density at radius 1 is 0.882 bits per heavy atom. The van der Waals surface area contributed by atoms with Crippen molar-refractivity contribution in [3.8, 4) is 0 Å². The predicted molar refractivity (Wildman–Crippen MR) is 74.8 cm³/mol. The average molecular weight is 227 g/mol. The largest absolute Gasteiger partial charge is 0.344 e. The molecule has 0 aromatic heterocycles. The van der Waals surface area contributed by atoms with Crippen LogP contribution in [0.1, 0.15) is 29.5 Å². The van der Waals surface area contributed by atoms with Crippen molar-refractivity contribution in [2.75, 3.05) is 0 Å². The summed E-state index contributed by atoms with van der Waals surface area (Å²) >= 11 is 0. The maximum Gasteiger partial charge on any atom is -0.0147 e. The molecule has 0 amide bonds. The Morgan fingerprint density at radius 2 is 1.47 bits per heavy atom. The van der Waals surface area contributed by atoms with Crippen molar-refractivity contribution in [3.05, 3.63) is 71.3 Å². The van der Waals surface area contributed by atoms with Gasteiger partial charge in [0.25, 0.3) is 0 Å². The molecule has 0 saturated heterocycles. The van der Waals surface area contributed by atoms with Gasteiger partial charge in [-0.05, 0) is 36.0 Å². The summed E-state index contributed by atoms with van der Waals surface area (Å²) in [5, 5.41) is 0. The van der Waals surface area contributed by atoms with Crippen LogP contribution in [-0.4, -0.2) is 0 Å². The number of rotatable bonds is 3. The molecule has 3 N–H and O–H groups in total. The van der Waals surface area contributed by atoms with Crippen LogP contribution in [-0.2, 0) is 6.42 Å². The monoisotopic (exact) mass is 227 g/mol. The summed E-state index contributed by atoms with van der Waals surface area (Å²) in [5.74, 6) is 0.587. The van der Waals surface area contributed by atoms with E-state index < -0.39 is 0 Å². The number of benzene rings is 2. The lowest BCUT2D eigenvalue weighted by Crippen LogP contribution is -2.00. The van der Waals surface area contributed by atoms with Crippen LogP contribution in [0, 0.1) is 6.92 Å². The van der Waals surface area contributed by atoms with Crippen LogP contribution in [0.25, 0.3) is 0 Å². The summed E-state index contributed by atoms with van der Waals surface area (Å²) in [7, 11) is 0. The zero-order chi connectivity index (χ0) is 11.4. The van der Waals surface area contributed by atoms with Crippen LogP contribution in [0.3, 0.4) is 0 Å². The van der Waals surface area contributed by atoms with Gasteiger partial charge in [-0.3, -0.25) is 0 Å². The summed E-state index contributed by atoms with van der Waals surface area (Å²) in [6.45, 7) is 4.49. The Balaban J connectivity index is 0.00000144. The molecular weight excluding hydrogens is 206 g/mol. The molecule has 0 saturated carbocycles. The highest BCUT2D eigenvalue weighted by atomic mass is 14.1. The first-order chi connectivity index (χ1) is 7.77. The summed E-state index contributed by atoms with van der Waals surface area (Å²) in [4.78, 5) is 0. The van der Waals surface area contributed by atoms with Crippen molar-refractivity contribution in [1.29, 1.82) is 0 Å². The molecule has 1 nitrogen and oxygen atoms in total. The molecule has 1 atom stereocenters. The van der Waals surface area contributed by atoms with E-state index in [0.717, 1.165) is 6.42 Å². The van der Waals surface area contributed by atoms with Crippen LogP contribution >= 0.6 is 0 Å². The number of hydrogen-bond acceptors (Lipinski definition) is 1. The summed E-state index contributed by atoms with van der Waals surface area (Å²) in [6.07, 6.45) is 1.12. The molecule has 0 spiro atoms. The molecule has 0 aliphatic rings. The lowest BCUT2D eigenvalue weighted by atomic mass is 9.91. The lowest BCUT2D eigenvalue weighted by molar-refractivity contribution is 0.753. The van der Waals surface area contributed by atoms with E-state index in [1.165, 1.54) is 16.7 Å². The maximum atomic E-state index is 2.30. The molecule has 2 rings (SSSR count). The van der Waals surface area contributed by atoms with Gasteiger partial charge in [0.1, 0.15) is 0 Å². The Labute approximate surface area is 104 Å². The predicted octanol–water partition coefficient (Wildman–Crippen LogP) is 4.50. The van der Waals surface area contributed by atoms with E-state index in [-0.39, 0.29) is 6.15 Å². The van der Waals surface area contributed by atoms with E-state index in [2.05, 4.69) is 68.4 Å². The zero-order valence-electron chi connectivity index (χ0n) is 10.7. The van der Waals surface area contributed by atoms with Crippen molar-refractivity contribution >= 4 is 0 Å². The third-order valence-corrected chi connectivity index (χ3v) is 3.10. The van der Waals surface area contributed by atoms with Gasteiger partial charge in [-0.25, -0.2) is 0 Å². The molecule has 2 aromatic carbocycles.